The fraction of sp³-hybridized carbons (Fsp3) is 0.143. The summed E-state index contributed by atoms with van der Waals surface area (Å²) in [6.07, 6.45) is 0. The lowest BCUT2D eigenvalue weighted by Crippen LogP contribution is -2.13. The fourth-order valence-electron chi connectivity index (χ4n) is 1.78. The van der Waals surface area contributed by atoms with Gasteiger partial charge in [0.05, 0.1) is 0 Å². The van der Waals surface area contributed by atoms with Crippen LogP contribution in [0, 0.1) is 34.9 Å². The molecular weight excluding hydrogens is 296 g/mol. The highest BCUT2D eigenvalue weighted by molar-refractivity contribution is 5.49. The zero-order valence-corrected chi connectivity index (χ0v) is 10.7. The summed E-state index contributed by atoms with van der Waals surface area (Å²) in [5.74, 6) is -10.7. The van der Waals surface area contributed by atoms with Crippen LogP contribution in [0.5, 0.6) is 0 Å². The Morgan fingerprint density at radius 3 is 1.62 bits per heavy atom. The lowest BCUT2D eigenvalue weighted by atomic mass is 10.1. The molecule has 0 aromatic heterocycles. The number of benzene rings is 2. The van der Waals surface area contributed by atoms with E-state index in [1.807, 2.05) is 0 Å². The van der Waals surface area contributed by atoms with Crippen molar-refractivity contribution in [2.75, 3.05) is 5.32 Å². The van der Waals surface area contributed by atoms with Crippen molar-refractivity contribution in [2.45, 2.75) is 13.0 Å². The molecule has 1 N–H and O–H groups in total. The minimum atomic E-state index is -2.22. The van der Waals surface area contributed by atoms with E-state index >= 15 is 0 Å². The molecule has 0 fully saturated rings. The van der Waals surface area contributed by atoms with Crippen molar-refractivity contribution in [1.82, 2.24) is 0 Å². The molecule has 0 saturated carbocycles. The van der Waals surface area contributed by atoms with Crippen molar-refractivity contribution in [2.24, 2.45) is 0 Å². The van der Waals surface area contributed by atoms with Gasteiger partial charge in [-0.1, -0.05) is 12.1 Å². The van der Waals surface area contributed by atoms with Crippen molar-refractivity contribution in [3.8, 4) is 0 Å². The molecule has 0 aliphatic rings. The summed E-state index contributed by atoms with van der Waals surface area (Å²) in [5.41, 5.74) is -0.705. The molecule has 0 radical (unpaired) electrons. The summed E-state index contributed by atoms with van der Waals surface area (Å²) in [7, 11) is 0. The second-order valence-corrected chi connectivity index (χ2v) is 4.36. The molecule has 21 heavy (non-hydrogen) atoms. The van der Waals surface area contributed by atoms with E-state index in [4.69, 9.17) is 0 Å². The van der Waals surface area contributed by atoms with Crippen LogP contribution < -0.4 is 5.32 Å². The lowest BCUT2D eigenvalue weighted by molar-refractivity contribution is 0.381. The molecule has 0 amide bonds. The van der Waals surface area contributed by atoms with Gasteiger partial charge in [0.2, 0.25) is 5.82 Å². The van der Waals surface area contributed by atoms with Crippen LogP contribution in [0.4, 0.5) is 32.0 Å². The van der Waals surface area contributed by atoms with Crippen molar-refractivity contribution in [3.05, 3.63) is 64.7 Å². The van der Waals surface area contributed by atoms with Gasteiger partial charge in [0.25, 0.3) is 0 Å². The third-order valence-electron chi connectivity index (χ3n) is 2.94. The van der Waals surface area contributed by atoms with Crippen molar-refractivity contribution < 1.29 is 26.3 Å². The number of anilines is 1. The van der Waals surface area contributed by atoms with Gasteiger partial charge in [-0.15, -0.1) is 0 Å². The highest BCUT2D eigenvalue weighted by Gasteiger charge is 2.26. The predicted octanol–water partition coefficient (Wildman–Crippen LogP) is 4.69. The normalized spacial score (nSPS) is 12.3. The van der Waals surface area contributed by atoms with E-state index in [9.17, 15) is 26.3 Å². The number of hydrogen-bond donors (Lipinski definition) is 1. The second-order valence-electron chi connectivity index (χ2n) is 4.36. The van der Waals surface area contributed by atoms with Crippen molar-refractivity contribution in [1.29, 1.82) is 0 Å². The first-order valence-electron chi connectivity index (χ1n) is 5.86. The largest absolute Gasteiger partial charge is 0.374 e. The van der Waals surface area contributed by atoms with Crippen LogP contribution in [-0.2, 0) is 0 Å². The first-order chi connectivity index (χ1) is 9.82. The van der Waals surface area contributed by atoms with Crippen LogP contribution in [0.3, 0.4) is 0 Å². The third kappa shape index (κ3) is 2.81. The lowest BCUT2D eigenvalue weighted by Gasteiger charge is -2.17. The highest BCUT2D eigenvalue weighted by Crippen LogP contribution is 2.30. The smallest absolute Gasteiger partial charge is 0.200 e. The van der Waals surface area contributed by atoms with Gasteiger partial charge in [0.1, 0.15) is 11.5 Å². The van der Waals surface area contributed by atoms with E-state index in [-0.39, 0.29) is 0 Å². The molecule has 0 saturated heterocycles. The summed E-state index contributed by atoms with van der Waals surface area (Å²) in [5, 5.41) is 2.20. The molecule has 2 aromatic rings. The fourth-order valence-corrected chi connectivity index (χ4v) is 1.78. The van der Waals surface area contributed by atoms with E-state index in [0.717, 1.165) is 12.1 Å². The standard InChI is InChI=1S/C14H9F6N/c1-6(7-2-4-8(15)5-3-7)21-14-12(19)10(17)9(16)11(18)13(14)20/h2-6,21H,1H3. The van der Waals surface area contributed by atoms with Gasteiger partial charge in [-0.05, 0) is 24.6 Å². The van der Waals surface area contributed by atoms with Gasteiger partial charge >= 0.3 is 0 Å². The molecular formula is C14H9F6N. The Labute approximate surface area is 116 Å². The number of hydrogen-bond acceptors (Lipinski definition) is 1. The first-order valence-corrected chi connectivity index (χ1v) is 5.86. The maximum atomic E-state index is 13.5. The average molecular weight is 305 g/mol. The van der Waals surface area contributed by atoms with E-state index in [1.54, 1.807) is 0 Å². The van der Waals surface area contributed by atoms with Gasteiger partial charge in [-0.3, -0.25) is 0 Å². The predicted molar refractivity (Wildman–Crippen MR) is 64.7 cm³/mol. The molecule has 0 aliphatic carbocycles. The Morgan fingerprint density at radius 1 is 0.714 bits per heavy atom. The van der Waals surface area contributed by atoms with Gasteiger partial charge in [0, 0.05) is 6.04 Å². The van der Waals surface area contributed by atoms with Crippen LogP contribution in [0.15, 0.2) is 24.3 Å². The SMILES string of the molecule is CC(Nc1c(F)c(F)c(F)c(F)c1F)c1ccc(F)cc1. The summed E-state index contributed by atoms with van der Waals surface area (Å²) in [6, 6.07) is 4.11. The van der Waals surface area contributed by atoms with Gasteiger partial charge < -0.3 is 5.32 Å². The Morgan fingerprint density at radius 2 is 1.14 bits per heavy atom. The molecule has 0 heterocycles. The second kappa shape index (κ2) is 5.67. The molecule has 2 aromatic carbocycles. The number of halogens is 6. The Balaban J connectivity index is 2.37. The van der Waals surface area contributed by atoms with Crippen molar-refractivity contribution in [3.63, 3.8) is 0 Å². The third-order valence-corrected chi connectivity index (χ3v) is 2.94. The maximum Gasteiger partial charge on any atom is 0.200 e. The molecule has 7 heteroatoms. The van der Waals surface area contributed by atoms with E-state index in [1.165, 1.54) is 19.1 Å². The Hall–Kier alpha value is -2.18. The Bertz CT molecular complexity index is 639. The number of nitrogens with one attached hydrogen (secondary N) is 1. The molecule has 0 spiro atoms. The molecule has 1 atom stereocenters. The van der Waals surface area contributed by atoms with Crippen LogP contribution in [0.2, 0.25) is 0 Å². The summed E-state index contributed by atoms with van der Waals surface area (Å²) in [4.78, 5) is 0. The molecule has 0 bridgehead atoms. The number of rotatable bonds is 3. The maximum absolute atomic E-state index is 13.5. The van der Waals surface area contributed by atoms with Crippen LogP contribution >= 0.6 is 0 Å². The van der Waals surface area contributed by atoms with E-state index < -0.39 is 46.6 Å². The minimum Gasteiger partial charge on any atom is -0.374 e. The van der Waals surface area contributed by atoms with E-state index in [2.05, 4.69) is 5.32 Å². The summed E-state index contributed by atoms with van der Waals surface area (Å²) >= 11 is 0. The zero-order valence-electron chi connectivity index (χ0n) is 10.7. The van der Waals surface area contributed by atoms with Gasteiger partial charge in [-0.2, -0.15) is 0 Å². The first kappa shape index (κ1) is 15.2. The highest BCUT2D eigenvalue weighted by atomic mass is 19.2. The van der Waals surface area contributed by atoms with Gasteiger partial charge in [0.15, 0.2) is 23.3 Å². The summed E-state index contributed by atoms with van der Waals surface area (Å²) in [6.45, 7) is 1.44. The zero-order chi connectivity index (χ0) is 15.7. The van der Waals surface area contributed by atoms with Crippen LogP contribution in [-0.4, -0.2) is 0 Å². The van der Waals surface area contributed by atoms with Gasteiger partial charge in [-0.25, -0.2) is 26.3 Å². The van der Waals surface area contributed by atoms with Crippen molar-refractivity contribution >= 4 is 5.69 Å². The molecule has 1 nitrogen and oxygen atoms in total. The minimum absolute atomic E-state index is 0.417. The summed E-state index contributed by atoms with van der Waals surface area (Å²) < 4.78 is 78.8. The van der Waals surface area contributed by atoms with Crippen LogP contribution in [0.1, 0.15) is 18.5 Å². The monoisotopic (exact) mass is 305 g/mol. The topological polar surface area (TPSA) is 12.0 Å². The average Bonchev–Trinajstić information content (AvgIpc) is 2.48. The molecule has 112 valence electrons. The molecule has 0 aliphatic heterocycles. The van der Waals surface area contributed by atoms with Crippen LogP contribution in [0.25, 0.3) is 0 Å². The van der Waals surface area contributed by atoms with E-state index in [0.29, 0.717) is 5.56 Å². The molecule has 2 rings (SSSR count). The molecule has 1 unspecified atom stereocenters. The quantitative estimate of drug-likeness (QED) is 0.492. The Kier molecular flexibility index (Phi) is 4.11.